The summed E-state index contributed by atoms with van der Waals surface area (Å²) in [5.41, 5.74) is 0.712. The Hall–Kier alpha value is -2.28. The van der Waals surface area contributed by atoms with Crippen LogP contribution in [0.3, 0.4) is 0 Å². The van der Waals surface area contributed by atoms with E-state index in [9.17, 15) is 9.59 Å². The van der Waals surface area contributed by atoms with Gasteiger partial charge in [-0.15, -0.1) is 0 Å². The van der Waals surface area contributed by atoms with Gasteiger partial charge in [0.15, 0.2) is 18.0 Å². The topological polar surface area (TPSA) is 78.3 Å². The third-order valence-electron chi connectivity index (χ3n) is 6.08. The fourth-order valence-electron chi connectivity index (χ4n) is 4.67. The normalized spacial score (nSPS) is 24.9. The van der Waals surface area contributed by atoms with Crippen LogP contribution in [-0.2, 0) is 14.3 Å². The fourth-order valence-corrected chi connectivity index (χ4v) is 4.67. The number of benzene rings is 1. The van der Waals surface area contributed by atoms with Gasteiger partial charge in [-0.2, -0.15) is 0 Å². The highest BCUT2D eigenvalue weighted by Crippen LogP contribution is 2.46. The molecule has 0 aromatic heterocycles. The van der Waals surface area contributed by atoms with Crippen LogP contribution in [0.2, 0.25) is 0 Å². The molecule has 2 atom stereocenters. The Bertz CT molecular complexity index is 760. The van der Waals surface area contributed by atoms with Gasteiger partial charge in [-0.25, -0.2) is 0 Å². The van der Waals surface area contributed by atoms with E-state index in [0.717, 1.165) is 55.7 Å². The van der Waals surface area contributed by atoms with Gasteiger partial charge in [0, 0.05) is 24.6 Å². The lowest BCUT2D eigenvalue weighted by Gasteiger charge is -2.31. The highest BCUT2D eigenvalue weighted by Gasteiger charge is 2.42. The van der Waals surface area contributed by atoms with Crippen molar-refractivity contribution in [2.45, 2.75) is 57.7 Å². The molecule has 2 N–H and O–H groups in total. The Morgan fingerprint density at radius 3 is 2.76 bits per heavy atom. The fraction of sp³-hybridized carbons (Fsp3) is 0.636. The number of hydrogen-bond donors (Lipinski definition) is 2. The molecule has 1 aliphatic carbocycles. The monoisotopic (exact) mass is 403 g/mol. The van der Waals surface area contributed by atoms with Gasteiger partial charge in [-0.1, -0.05) is 6.42 Å². The molecule has 0 bridgehead atoms. The SMILES string of the molecule is CCOC(=O)[C@H]1CCC[NH+](CC(=O)Nc2ccc3c(c2)OC2(CCCCC2)O3)C1. The van der Waals surface area contributed by atoms with Gasteiger partial charge in [0.1, 0.15) is 5.92 Å². The van der Waals surface area contributed by atoms with E-state index in [-0.39, 0.29) is 17.8 Å². The van der Waals surface area contributed by atoms with Gasteiger partial charge in [-0.3, -0.25) is 9.59 Å². The maximum atomic E-state index is 12.6. The Balaban J connectivity index is 1.32. The Kier molecular flexibility index (Phi) is 5.94. The van der Waals surface area contributed by atoms with Crippen molar-refractivity contribution in [2.24, 2.45) is 5.92 Å². The van der Waals surface area contributed by atoms with E-state index in [1.807, 2.05) is 25.1 Å². The van der Waals surface area contributed by atoms with Crippen molar-refractivity contribution in [3.8, 4) is 11.5 Å². The molecule has 29 heavy (non-hydrogen) atoms. The maximum Gasteiger partial charge on any atom is 0.314 e. The summed E-state index contributed by atoms with van der Waals surface area (Å²) in [4.78, 5) is 25.7. The standard InChI is InChI=1S/C22H30N2O5/c1-2-27-21(26)16-7-6-12-24(14-16)15-20(25)23-17-8-9-18-19(13-17)29-22(28-18)10-4-3-5-11-22/h8-9,13,16H,2-7,10-12,14-15H2,1H3,(H,23,25)/p+1/t16-/m0/s1. The molecule has 7 heteroatoms. The molecule has 4 rings (SSSR count). The second kappa shape index (κ2) is 8.61. The number of amides is 1. The van der Waals surface area contributed by atoms with E-state index in [4.69, 9.17) is 14.2 Å². The number of fused-ring (bicyclic) bond motifs is 1. The molecule has 7 nitrogen and oxygen atoms in total. The van der Waals surface area contributed by atoms with E-state index in [2.05, 4.69) is 5.32 Å². The van der Waals surface area contributed by atoms with Crippen LogP contribution in [-0.4, -0.2) is 43.9 Å². The molecular weight excluding hydrogens is 372 g/mol. The smallest absolute Gasteiger partial charge is 0.314 e. The van der Waals surface area contributed by atoms with Crippen molar-refractivity contribution in [1.82, 2.24) is 0 Å². The van der Waals surface area contributed by atoms with Crippen molar-refractivity contribution in [3.05, 3.63) is 18.2 Å². The number of quaternary nitrogens is 1. The molecular formula is C22H31N2O5+. The first-order chi connectivity index (χ1) is 14.1. The second-order valence-electron chi connectivity index (χ2n) is 8.36. The summed E-state index contributed by atoms with van der Waals surface area (Å²) in [6.07, 6.45) is 7.03. The molecule has 158 valence electrons. The van der Waals surface area contributed by atoms with Crippen LogP contribution in [0.5, 0.6) is 11.5 Å². The van der Waals surface area contributed by atoms with Crippen molar-refractivity contribution in [2.75, 3.05) is 31.6 Å². The first-order valence-corrected chi connectivity index (χ1v) is 10.9. The number of piperidine rings is 1. The summed E-state index contributed by atoms with van der Waals surface area (Å²) in [6.45, 7) is 4.11. The molecule has 1 unspecified atom stereocenters. The summed E-state index contributed by atoms with van der Waals surface area (Å²) < 4.78 is 17.4. The molecule has 2 fully saturated rings. The Morgan fingerprint density at radius 1 is 1.17 bits per heavy atom. The van der Waals surface area contributed by atoms with Crippen LogP contribution >= 0.6 is 0 Å². The zero-order valence-electron chi connectivity index (χ0n) is 17.1. The van der Waals surface area contributed by atoms with Crippen molar-refractivity contribution < 1.29 is 28.7 Å². The molecule has 1 amide bonds. The highest BCUT2D eigenvalue weighted by atomic mass is 16.7. The molecule has 1 aromatic rings. The van der Waals surface area contributed by atoms with Crippen LogP contribution in [0.15, 0.2) is 18.2 Å². The van der Waals surface area contributed by atoms with Crippen molar-refractivity contribution in [1.29, 1.82) is 0 Å². The number of nitrogens with one attached hydrogen (secondary N) is 2. The quantitative estimate of drug-likeness (QED) is 0.735. The summed E-state index contributed by atoms with van der Waals surface area (Å²) in [5.74, 6) is 0.640. The van der Waals surface area contributed by atoms with Crippen LogP contribution < -0.4 is 19.7 Å². The van der Waals surface area contributed by atoms with Crippen LogP contribution in [0.25, 0.3) is 0 Å². The average molecular weight is 403 g/mol. The van der Waals surface area contributed by atoms with E-state index in [0.29, 0.717) is 31.1 Å². The first kappa shape index (κ1) is 20.0. The summed E-state index contributed by atoms with van der Waals surface area (Å²) in [6, 6.07) is 5.58. The van der Waals surface area contributed by atoms with Gasteiger partial charge in [0.05, 0.1) is 19.7 Å². The van der Waals surface area contributed by atoms with Gasteiger partial charge in [0.2, 0.25) is 0 Å². The van der Waals surface area contributed by atoms with Crippen LogP contribution in [0, 0.1) is 5.92 Å². The molecule has 2 aliphatic heterocycles. The predicted molar refractivity (Wildman–Crippen MR) is 107 cm³/mol. The minimum absolute atomic E-state index is 0.0595. The van der Waals surface area contributed by atoms with Crippen molar-refractivity contribution >= 4 is 17.6 Å². The molecule has 1 saturated heterocycles. The van der Waals surface area contributed by atoms with Gasteiger partial charge in [-0.05, 0) is 44.7 Å². The first-order valence-electron chi connectivity index (χ1n) is 10.9. The zero-order valence-corrected chi connectivity index (χ0v) is 17.1. The molecule has 1 spiro atoms. The van der Waals surface area contributed by atoms with E-state index < -0.39 is 5.79 Å². The molecule has 1 aromatic carbocycles. The average Bonchev–Trinajstić information content (AvgIpc) is 3.05. The van der Waals surface area contributed by atoms with E-state index >= 15 is 0 Å². The summed E-state index contributed by atoms with van der Waals surface area (Å²) in [5, 5.41) is 2.97. The number of carbonyl (C=O) groups excluding carboxylic acids is 2. The van der Waals surface area contributed by atoms with Crippen LogP contribution in [0.1, 0.15) is 51.9 Å². The molecule has 2 heterocycles. The number of esters is 1. The number of rotatable bonds is 5. The molecule has 0 radical (unpaired) electrons. The minimum atomic E-state index is -0.511. The second-order valence-corrected chi connectivity index (χ2v) is 8.36. The minimum Gasteiger partial charge on any atom is -0.466 e. The Morgan fingerprint density at radius 2 is 1.97 bits per heavy atom. The zero-order chi connectivity index (χ0) is 20.3. The summed E-state index contributed by atoms with van der Waals surface area (Å²) in [7, 11) is 0. The third-order valence-corrected chi connectivity index (χ3v) is 6.08. The van der Waals surface area contributed by atoms with E-state index in [1.54, 1.807) is 0 Å². The van der Waals surface area contributed by atoms with Gasteiger partial charge >= 0.3 is 5.97 Å². The van der Waals surface area contributed by atoms with Crippen molar-refractivity contribution in [3.63, 3.8) is 0 Å². The lowest BCUT2D eigenvalue weighted by atomic mass is 9.94. The number of likely N-dealkylation sites (tertiary alicyclic amines) is 1. The largest absolute Gasteiger partial charge is 0.466 e. The number of carbonyl (C=O) groups is 2. The number of hydrogen-bond acceptors (Lipinski definition) is 5. The van der Waals surface area contributed by atoms with E-state index in [1.165, 1.54) is 6.42 Å². The lowest BCUT2D eigenvalue weighted by Crippen LogP contribution is -3.14. The predicted octanol–water partition coefficient (Wildman–Crippen LogP) is 1.91. The molecule has 3 aliphatic rings. The third kappa shape index (κ3) is 4.66. The van der Waals surface area contributed by atoms with Gasteiger partial charge < -0.3 is 24.4 Å². The number of anilines is 1. The number of ether oxygens (including phenoxy) is 3. The van der Waals surface area contributed by atoms with Gasteiger partial charge in [0.25, 0.3) is 11.7 Å². The molecule has 1 saturated carbocycles. The van der Waals surface area contributed by atoms with Crippen LogP contribution in [0.4, 0.5) is 5.69 Å². The Labute approximate surface area is 171 Å². The summed E-state index contributed by atoms with van der Waals surface area (Å²) >= 11 is 0. The highest BCUT2D eigenvalue weighted by molar-refractivity contribution is 5.91. The maximum absolute atomic E-state index is 12.6. The lowest BCUT2D eigenvalue weighted by molar-refractivity contribution is -0.899.